The molecule has 2 fully saturated rings. The van der Waals surface area contributed by atoms with Gasteiger partial charge >= 0.3 is 6.18 Å². The number of piperidine rings is 1. The number of nitrogens with zero attached hydrogens (tertiary/aromatic N) is 1. The third-order valence-electron chi connectivity index (χ3n) is 4.56. The van der Waals surface area contributed by atoms with Crippen LogP contribution in [0.1, 0.15) is 24.0 Å². The Hall–Kier alpha value is -1.15. The Balaban J connectivity index is 1.61. The highest BCUT2D eigenvalue weighted by Gasteiger charge is 2.41. The predicted octanol–water partition coefficient (Wildman–Crippen LogP) is 2.45. The number of benzene rings is 1. The van der Waals surface area contributed by atoms with Crippen LogP contribution in [0.2, 0.25) is 0 Å². The fourth-order valence-electron chi connectivity index (χ4n) is 3.55. The molecule has 1 aromatic rings. The molecule has 0 radical (unpaired) electrons. The zero-order valence-electron chi connectivity index (χ0n) is 13.4. The number of ether oxygens (including phenoxy) is 2. The van der Waals surface area contributed by atoms with Crippen LogP contribution in [0.5, 0.6) is 0 Å². The van der Waals surface area contributed by atoms with Crippen molar-refractivity contribution in [1.29, 1.82) is 0 Å². The predicted molar refractivity (Wildman–Crippen MR) is 81.5 cm³/mol. The number of aliphatic hydroxyl groups is 1. The third kappa shape index (κ3) is 4.08. The maximum atomic E-state index is 13.0. The van der Waals surface area contributed by atoms with Crippen molar-refractivity contribution in [3.63, 3.8) is 0 Å². The van der Waals surface area contributed by atoms with Crippen LogP contribution < -0.4 is 0 Å². The van der Waals surface area contributed by atoms with Gasteiger partial charge in [-0.2, -0.15) is 13.2 Å². The molecule has 0 bridgehead atoms. The average Bonchev–Trinajstić information content (AvgIpc) is 2.94. The van der Waals surface area contributed by atoms with E-state index >= 15 is 0 Å². The van der Waals surface area contributed by atoms with Crippen molar-refractivity contribution in [2.45, 2.75) is 37.3 Å². The highest BCUT2D eigenvalue weighted by molar-refractivity contribution is 5.30. The summed E-state index contributed by atoms with van der Waals surface area (Å²) in [6.07, 6.45) is -3.61. The molecule has 0 aromatic heterocycles. The van der Waals surface area contributed by atoms with E-state index in [1.165, 1.54) is 12.1 Å². The third-order valence-corrected chi connectivity index (χ3v) is 4.56. The molecule has 2 heterocycles. The van der Waals surface area contributed by atoms with E-state index in [1.54, 1.807) is 6.07 Å². The maximum Gasteiger partial charge on any atom is 0.416 e. The summed E-state index contributed by atoms with van der Waals surface area (Å²) in [5.74, 6) is -0.595. The molecule has 134 valence electrons. The number of hydrogen-bond donors (Lipinski definition) is 1. The minimum atomic E-state index is -4.41. The van der Waals surface area contributed by atoms with E-state index in [-0.39, 0.29) is 12.0 Å². The summed E-state index contributed by atoms with van der Waals surface area (Å²) in [6, 6.07) is 5.40. The number of aliphatic hydroxyl groups excluding tert-OH is 1. The van der Waals surface area contributed by atoms with Gasteiger partial charge in [-0.05, 0) is 24.6 Å². The lowest BCUT2D eigenvalue weighted by Gasteiger charge is -2.39. The number of hydrogen-bond acceptors (Lipinski definition) is 4. The first kappa shape index (κ1) is 17.7. The molecule has 24 heavy (non-hydrogen) atoms. The van der Waals surface area contributed by atoms with Gasteiger partial charge in [0.1, 0.15) is 0 Å². The second-order valence-corrected chi connectivity index (χ2v) is 6.46. The van der Waals surface area contributed by atoms with E-state index in [1.807, 2.05) is 4.90 Å². The summed E-state index contributed by atoms with van der Waals surface area (Å²) in [6.45, 7) is 2.77. The molecule has 2 aliphatic heterocycles. The summed E-state index contributed by atoms with van der Waals surface area (Å²) >= 11 is 0. The van der Waals surface area contributed by atoms with Gasteiger partial charge in [0.15, 0.2) is 5.79 Å². The molecule has 0 amide bonds. The Morgan fingerprint density at radius 2 is 1.92 bits per heavy atom. The highest BCUT2D eigenvalue weighted by atomic mass is 19.4. The second-order valence-electron chi connectivity index (χ2n) is 6.46. The van der Waals surface area contributed by atoms with E-state index in [4.69, 9.17) is 9.47 Å². The average molecular weight is 345 g/mol. The standard InChI is InChI=1S/C17H22F3NO3/c18-17(19,20)15-5-2-1-4-13(15)10-14(22)11-21-7-3-6-16(12-21)23-8-9-24-16/h1-2,4-5,14,22H,3,6-12H2. The van der Waals surface area contributed by atoms with Gasteiger partial charge in [0, 0.05) is 19.4 Å². The van der Waals surface area contributed by atoms with Crippen molar-refractivity contribution in [2.24, 2.45) is 0 Å². The highest BCUT2D eigenvalue weighted by Crippen LogP contribution is 2.33. The van der Waals surface area contributed by atoms with Gasteiger partial charge in [-0.15, -0.1) is 0 Å². The Morgan fingerprint density at radius 1 is 1.21 bits per heavy atom. The normalized spacial score (nSPS) is 22.8. The lowest BCUT2D eigenvalue weighted by molar-refractivity contribution is -0.191. The number of likely N-dealkylation sites (tertiary alicyclic amines) is 1. The van der Waals surface area contributed by atoms with Crippen molar-refractivity contribution in [1.82, 2.24) is 4.90 Å². The number of alkyl halides is 3. The SMILES string of the molecule is OC(Cc1ccccc1C(F)(F)F)CN1CCCC2(C1)OCCO2. The van der Waals surface area contributed by atoms with Gasteiger partial charge in [0.2, 0.25) is 0 Å². The van der Waals surface area contributed by atoms with Gasteiger partial charge in [0.25, 0.3) is 0 Å². The van der Waals surface area contributed by atoms with E-state index in [2.05, 4.69) is 0 Å². The second kappa shape index (κ2) is 7.00. The molecular formula is C17H22F3NO3. The fraction of sp³-hybridized carbons (Fsp3) is 0.647. The molecule has 7 heteroatoms. The first-order chi connectivity index (χ1) is 11.4. The van der Waals surface area contributed by atoms with Gasteiger partial charge in [-0.1, -0.05) is 18.2 Å². The Morgan fingerprint density at radius 3 is 2.62 bits per heavy atom. The zero-order valence-corrected chi connectivity index (χ0v) is 13.4. The maximum absolute atomic E-state index is 13.0. The van der Waals surface area contributed by atoms with Crippen molar-refractivity contribution in [3.05, 3.63) is 35.4 Å². The first-order valence-electron chi connectivity index (χ1n) is 8.21. The summed E-state index contributed by atoms with van der Waals surface area (Å²) in [5.41, 5.74) is -0.556. The minimum Gasteiger partial charge on any atom is -0.391 e. The number of halogens is 3. The molecule has 1 aromatic carbocycles. The topological polar surface area (TPSA) is 41.9 Å². The van der Waals surface area contributed by atoms with Gasteiger partial charge < -0.3 is 14.6 Å². The Labute approximate surface area is 139 Å². The molecule has 1 atom stereocenters. The van der Waals surface area contributed by atoms with Crippen LogP contribution in [0.25, 0.3) is 0 Å². The molecule has 2 saturated heterocycles. The van der Waals surface area contributed by atoms with Gasteiger partial charge in [0.05, 0.1) is 31.4 Å². The van der Waals surface area contributed by atoms with Crippen molar-refractivity contribution in [3.8, 4) is 0 Å². The zero-order chi connectivity index (χ0) is 17.2. The van der Waals surface area contributed by atoms with Crippen LogP contribution in [0.3, 0.4) is 0 Å². The van der Waals surface area contributed by atoms with E-state index < -0.39 is 23.6 Å². The van der Waals surface area contributed by atoms with Crippen molar-refractivity contribution in [2.75, 3.05) is 32.8 Å². The van der Waals surface area contributed by atoms with E-state index in [9.17, 15) is 18.3 Å². The van der Waals surface area contributed by atoms with Crippen LogP contribution in [0.15, 0.2) is 24.3 Å². The van der Waals surface area contributed by atoms with Crippen LogP contribution in [-0.2, 0) is 22.1 Å². The van der Waals surface area contributed by atoms with E-state index in [0.29, 0.717) is 26.3 Å². The molecular weight excluding hydrogens is 323 g/mol. The molecule has 1 spiro atoms. The van der Waals surface area contributed by atoms with Crippen LogP contribution in [0, 0.1) is 0 Å². The Kier molecular flexibility index (Phi) is 5.15. The smallest absolute Gasteiger partial charge is 0.391 e. The molecule has 3 rings (SSSR count). The summed E-state index contributed by atoms with van der Waals surface area (Å²) < 4.78 is 50.5. The van der Waals surface area contributed by atoms with Crippen LogP contribution >= 0.6 is 0 Å². The molecule has 1 unspecified atom stereocenters. The lowest BCUT2D eigenvalue weighted by Crippen LogP contribution is -2.51. The van der Waals surface area contributed by atoms with Crippen LogP contribution in [-0.4, -0.2) is 54.7 Å². The molecule has 0 saturated carbocycles. The fourth-order valence-corrected chi connectivity index (χ4v) is 3.55. The molecule has 4 nitrogen and oxygen atoms in total. The lowest BCUT2D eigenvalue weighted by atomic mass is 9.99. The van der Waals surface area contributed by atoms with E-state index in [0.717, 1.165) is 25.5 Å². The van der Waals surface area contributed by atoms with Crippen molar-refractivity contribution < 1.29 is 27.8 Å². The minimum absolute atomic E-state index is 0.0269. The number of β-amino-alcohol motifs (C(OH)–C–C–N with tert-alkyl or cyclic N) is 1. The monoisotopic (exact) mass is 345 g/mol. The summed E-state index contributed by atoms with van der Waals surface area (Å²) in [4.78, 5) is 2.01. The summed E-state index contributed by atoms with van der Waals surface area (Å²) in [5, 5.41) is 10.3. The molecule has 1 N–H and O–H groups in total. The molecule has 0 aliphatic carbocycles. The van der Waals surface area contributed by atoms with Gasteiger partial charge in [-0.3, -0.25) is 4.90 Å². The largest absolute Gasteiger partial charge is 0.416 e. The summed E-state index contributed by atoms with van der Waals surface area (Å²) in [7, 11) is 0. The van der Waals surface area contributed by atoms with Crippen molar-refractivity contribution >= 4 is 0 Å². The number of rotatable bonds is 4. The van der Waals surface area contributed by atoms with Gasteiger partial charge in [-0.25, -0.2) is 0 Å². The molecule has 2 aliphatic rings. The van der Waals surface area contributed by atoms with Crippen LogP contribution in [0.4, 0.5) is 13.2 Å². The Bertz CT molecular complexity index is 558. The quantitative estimate of drug-likeness (QED) is 0.910. The first-order valence-corrected chi connectivity index (χ1v) is 8.21.